The van der Waals surface area contributed by atoms with Crippen molar-refractivity contribution in [3.05, 3.63) is 53.1 Å². The Bertz CT molecular complexity index is 993. The average molecular weight is 429 g/mol. The second-order valence-electron chi connectivity index (χ2n) is 7.32. The number of hydrogen-bond donors (Lipinski definition) is 1. The Hall–Kier alpha value is -3.06. The van der Waals surface area contributed by atoms with Gasteiger partial charge in [0.05, 0.1) is 5.92 Å². The maximum Gasteiger partial charge on any atom is 0.313 e. The fraction of sp³-hybridized carbons (Fsp3) is 0.318. The van der Waals surface area contributed by atoms with Gasteiger partial charge in [-0.1, -0.05) is 17.7 Å². The first kappa shape index (κ1) is 20.2. The van der Waals surface area contributed by atoms with Crippen molar-refractivity contribution in [3.8, 4) is 5.75 Å². The van der Waals surface area contributed by atoms with Crippen molar-refractivity contribution in [1.29, 1.82) is 0 Å². The molecular formula is C22H21ClN2O5. The van der Waals surface area contributed by atoms with Gasteiger partial charge in [-0.25, -0.2) is 0 Å². The predicted octanol–water partition coefficient (Wildman–Crippen LogP) is 3.20. The van der Waals surface area contributed by atoms with Crippen molar-refractivity contribution in [2.24, 2.45) is 5.92 Å². The molecule has 0 aliphatic carbocycles. The monoisotopic (exact) mass is 428 g/mol. The Balaban J connectivity index is 1.30. The van der Waals surface area contributed by atoms with Crippen molar-refractivity contribution in [1.82, 2.24) is 0 Å². The van der Waals surface area contributed by atoms with Crippen LogP contribution in [-0.2, 0) is 25.5 Å². The number of esters is 1. The highest BCUT2D eigenvalue weighted by Gasteiger charge is 2.28. The summed E-state index contributed by atoms with van der Waals surface area (Å²) in [6.07, 6.45) is 1.81. The second-order valence-corrected chi connectivity index (χ2v) is 7.76. The van der Waals surface area contributed by atoms with E-state index in [2.05, 4.69) is 5.32 Å². The summed E-state index contributed by atoms with van der Waals surface area (Å²) in [5.74, 6) is -0.656. The number of nitrogens with one attached hydrogen (secondary N) is 1. The normalized spacial score (nSPS) is 17.8. The van der Waals surface area contributed by atoms with Crippen LogP contribution >= 0.6 is 11.6 Å². The minimum Gasteiger partial charge on any atom is -0.492 e. The first-order chi connectivity index (χ1) is 14.5. The number of fused-ring (bicyclic) bond motifs is 1. The summed E-state index contributed by atoms with van der Waals surface area (Å²) < 4.78 is 10.8. The molecule has 1 unspecified atom stereocenters. The molecule has 1 fully saturated rings. The van der Waals surface area contributed by atoms with Gasteiger partial charge in [0.15, 0.2) is 6.61 Å². The number of benzene rings is 2. The number of carbonyl (C=O) groups is 3. The van der Waals surface area contributed by atoms with Crippen LogP contribution in [0.15, 0.2) is 42.5 Å². The highest BCUT2D eigenvalue weighted by molar-refractivity contribution is 6.30. The van der Waals surface area contributed by atoms with E-state index in [0.717, 1.165) is 17.7 Å². The molecule has 1 N–H and O–H groups in total. The zero-order chi connectivity index (χ0) is 21.1. The van der Waals surface area contributed by atoms with Gasteiger partial charge in [0.1, 0.15) is 12.4 Å². The summed E-state index contributed by atoms with van der Waals surface area (Å²) in [6.45, 7) is 0.469. The molecule has 0 saturated carbocycles. The van der Waals surface area contributed by atoms with E-state index in [9.17, 15) is 14.4 Å². The standard InChI is InChI=1S/C22H21ClN2O5/c23-16-6-7-19-14(10-16)9-15(12-29-19)22(28)30-13-20(26)24-17-3-1-4-18(11-17)25-8-2-5-21(25)27/h1,3-4,6-7,10-11,15H,2,5,8-9,12-13H2,(H,24,26). The molecule has 0 spiro atoms. The van der Waals surface area contributed by atoms with Crippen LogP contribution in [0.3, 0.4) is 0 Å². The van der Waals surface area contributed by atoms with Gasteiger partial charge in [-0.3, -0.25) is 14.4 Å². The largest absolute Gasteiger partial charge is 0.492 e. The molecule has 2 aromatic rings. The lowest BCUT2D eigenvalue weighted by atomic mass is 9.97. The van der Waals surface area contributed by atoms with E-state index >= 15 is 0 Å². The molecule has 8 heteroatoms. The van der Waals surface area contributed by atoms with Crippen LogP contribution in [0.4, 0.5) is 11.4 Å². The maximum atomic E-state index is 12.4. The molecule has 2 aromatic carbocycles. The minimum absolute atomic E-state index is 0.0740. The third kappa shape index (κ3) is 4.57. The number of hydrogen-bond acceptors (Lipinski definition) is 5. The zero-order valence-corrected chi connectivity index (χ0v) is 17.0. The van der Waals surface area contributed by atoms with Crippen LogP contribution in [0.1, 0.15) is 18.4 Å². The molecule has 0 bridgehead atoms. The van der Waals surface area contributed by atoms with Crippen molar-refractivity contribution in [3.63, 3.8) is 0 Å². The highest BCUT2D eigenvalue weighted by atomic mass is 35.5. The molecular weight excluding hydrogens is 408 g/mol. The third-order valence-corrected chi connectivity index (χ3v) is 5.36. The summed E-state index contributed by atoms with van der Waals surface area (Å²) in [5.41, 5.74) is 2.12. The molecule has 2 aliphatic heterocycles. The average Bonchev–Trinajstić information content (AvgIpc) is 3.17. The fourth-order valence-corrected chi connectivity index (χ4v) is 3.83. The van der Waals surface area contributed by atoms with Crippen LogP contribution in [0.5, 0.6) is 5.75 Å². The maximum absolute atomic E-state index is 12.4. The first-order valence-corrected chi connectivity index (χ1v) is 10.2. The SMILES string of the molecule is O=C(COC(=O)C1COc2ccc(Cl)cc2C1)Nc1cccc(N2CCCC2=O)c1. The number of nitrogens with zero attached hydrogens (tertiary/aromatic N) is 1. The number of ether oxygens (including phenoxy) is 2. The lowest BCUT2D eigenvalue weighted by Gasteiger charge is -2.24. The van der Waals surface area contributed by atoms with Crippen molar-refractivity contribution in [2.75, 3.05) is 30.0 Å². The minimum atomic E-state index is -0.493. The molecule has 7 nitrogen and oxygen atoms in total. The van der Waals surface area contributed by atoms with Gasteiger partial charge in [-0.05, 0) is 54.8 Å². The number of anilines is 2. The quantitative estimate of drug-likeness (QED) is 0.739. The van der Waals surface area contributed by atoms with E-state index in [4.69, 9.17) is 21.1 Å². The summed E-state index contributed by atoms with van der Waals surface area (Å²) in [7, 11) is 0. The van der Waals surface area contributed by atoms with Crippen LogP contribution < -0.4 is 15.0 Å². The van der Waals surface area contributed by atoms with Gasteiger partial charge in [0.2, 0.25) is 5.91 Å². The van der Waals surface area contributed by atoms with Gasteiger partial charge >= 0.3 is 5.97 Å². The van der Waals surface area contributed by atoms with E-state index in [0.29, 0.717) is 35.8 Å². The molecule has 1 saturated heterocycles. The summed E-state index contributed by atoms with van der Waals surface area (Å²) in [4.78, 5) is 38.2. The molecule has 0 aromatic heterocycles. The van der Waals surface area contributed by atoms with E-state index in [1.807, 2.05) is 6.07 Å². The Morgan fingerprint density at radius 1 is 1.23 bits per heavy atom. The van der Waals surface area contributed by atoms with Gasteiger partial charge in [-0.2, -0.15) is 0 Å². The van der Waals surface area contributed by atoms with Crippen molar-refractivity contribution in [2.45, 2.75) is 19.3 Å². The summed E-state index contributed by atoms with van der Waals surface area (Å²) in [6, 6.07) is 12.3. The van der Waals surface area contributed by atoms with Gasteiger partial charge in [-0.15, -0.1) is 0 Å². The van der Waals surface area contributed by atoms with E-state index in [-0.39, 0.29) is 12.5 Å². The van der Waals surface area contributed by atoms with Gasteiger partial charge in [0.25, 0.3) is 5.91 Å². The van der Waals surface area contributed by atoms with Crippen LogP contribution in [-0.4, -0.2) is 37.5 Å². The van der Waals surface area contributed by atoms with E-state index < -0.39 is 24.4 Å². The molecule has 156 valence electrons. The number of amides is 2. The fourth-order valence-electron chi connectivity index (χ4n) is 3.64. The van der Waals surface area contributed by atoms with Crippen LogP contribution in [0, 0.1) is 5.92 Å². The predicted molar refractivity (Wildman–Crippen MR) is 112 cm³/mol. The molecule has 30 heavy (non-hydrogen) atoms. The molecule has 4 rings (SSSR count). The first-order valence-electron chi connectivity index (χ1n) is 9.78. The molecule has 2 amide bonds. The topological polar surface area (TPSA) is 84.9 Å². The van der Waals surface area contributed by atoms with Crippen LogP contribution in [0.25, 0.3) is 0 Å². The smallest absolute Gasteiger partial charge is 0.313 e. The van der Waals surface area contributed by atoms with E-state index in [1.165, 1.54) is 0 Å². The molecule has 2 heterocycles. The molecule has 2 aliphatic rings. The van der Waals surface area contributed by atoms with Crippen LogP contribution in [0.2, 0.25) is 5.02 Å². The lowest BCUT2D eigenvalue weighted by molar-refractivity contribution is -0.152. The summed E-state index contributed by atoms with van der Waals surface area (Å²) in [5, 5.41) is 3.27. The third-order valence-electron chi connectivity index (χ3n) is 5.12. The van der Waals surface area contributed by atoms with Gasteiger partial charge < -0.3 is 19.7 Å². The summed E-state index contributed by atoms with van der Waals surface area (Å²) >= 11 is 6.00. The van der Waals surface area contributed by atoms with Crippen molar-refractivity contribution < 1.29 is 23.9 Å². The second kappa shape index (κ2) is 8.75. The number of rotatable bonds is 5. The number of halogens is 1. The Morgan fingerprint density at radius 2 is 2.10 bits per heavy atom. The Morgan fingerprint density at radius 3 is 2.90 bits per heavy atom. The Kier molecular flexibility index (Phi) is 5.90. The van der Waals surface area contributed by atoms with Crippen molar-refractivity contribution >= 4 is 40.8 Å². The molecule has 1 atom stereocenters. The lowest BCUT2D eigenvalue weighted by Crippen LogP contribution is -2.32. The number of carbonyl (C=O) groups excluding carboxylic acids is 3. The van der Waals surface area contributed by atoms with E-state index in [1.54, 1.807) is 41.3 Å². The Labute approximate surface area is 178 Å². The zero-order valence-electron chi connectivity index (χ0n) is 16.2. The molecule has 0 radical (unpaired) electrons. The highest BCUT2D eigenvalue weighted by Crippen LogP contribution is 2.30. The van der Waals surface area contributed by atoms with Gasteiger partial charge in [0, 0.05) is 29.4 Å².